The highest BCUT2D eigenvalue weighted by molar-refractivity contribution is 5.87. The van der Waals surface area contributed by atoms with Crippen LogP contribution in [0.5, 0.6) is 0 Å². The highest BCUT2D eigenvalue weighted by Crippen LogP contribution is 2.29. The van der Waals surface area contributed by atoms with Gasteiger partial charge >= 0.3 is 0 Å². The molecule has 2 N–H and O–H groups in total. The zero-order chi connectivity index (χ0) is 21.9. The average molecular weight is 430 g/mol. The van der Waals surface area contributed by atoms with Gasteiger partial charge in [-0.05, 0) is 48.4 Å². The van der Waals surface area contributed by atoms with Crippen LogP contribution >= 0.6 is 0 Å². The van der Waals surface area contributed by atoms with Crippen molar-refractivity contribution in [3.8, 4) is 0 Å². The predicted molar refractivity (Wildman–Crippen MR) is 119 cm³/mol. The number of halogens is 1. The minimum atomic E-state index is -0.294. The van der Waals surface area contributed by atoms with Crippen molar-refractivity contribution in [2.24, 2.45) is 0 Å². The van der Waals surface area contributed by atoms with Gasteiger partial charge in [0.05, 0.1) is 24.0 Å². The maximum atomic E-state index is 13.1. The number of aromatic amines is 1. The van der Waals surface area contributed by atoms with E-state index in [1.165, 1.54) is 12.1 Å². The van der Waals surface area contributed by atoms with Crippen molar-refractivity contribution in [1.82, 2.24) is 25.1 Å². The summed E-state index contributed by atoms with van der Waals surface area (Å²) in [6.45, 7) is 1.91. The number of fused-ring (bicyclic) bond motifs is 1. The van der Waals surface area contributed by atoms with Crippen LogP contribution < -0.4 is 5.32 Å². The summed E-state index contributed by atoms with van der Waals surface area (Å²) < 4.78 is 13.1. The number of hydrogen-bond donors (Lipinski definition) is 2. The molecule has 3 aromatic heterocycles. The Morgan fingerprint density at radius 2 is 2.03 bits per heavy atom. The van der Waals surface area contributed by atoms with E-state index in [1.807, 2.05) is 35.2 Å². The van der Waals surface area contributed by atoms with E-state index in [-0.39, 0.29) is 24.1 Å². The summed E-state index contributed by atoms with van der Waals surface area (Å²) in [4.78, 5) is 23.6. The smallest absolute Gasteiger partial charge is 0.227 e. The summed E-state index contributed by atoms with van der Waals surface area (Å²) in [5, 5.41) is 11.6. The molecule has 0 aliphatic carbocycles. The minimum Gasteiger partial charge on any atom is -0.362 e. The summed E-state index contributed by atoms with van der Waals surface area (Å²) in [6, 6.07) is 15.9. The van der Waals surface area contributed by atoms with Gasteiger partial charge in [-0.25, -0.2) is 9.37 Å². The molecule has 8 heteroatoms. The summed E-state index contributed by atoms with van der Waals surface area (Å²) >= 11 is 0. The number of pyridine rings is 2. The number of amides is 1. The lowest BCUT2D eigenvalue weighted by Crippen LogP contribution is -2.29. The Morgan fingerprint density at radius 3 is 2.84 bits per heavy atom. The number of hydrogen-bond acceptors (Lipinski definition) is 5. The molecule has 4 aromatic rings. The van der Waals surface area contributed by atoms with E-state index in [0.717, 1.165) is 40.2 Å². The second-order valence-corrected chi connectivity index (χ2v) is 8.01. The third kappa shape index (κ3) is 4.30. The van der Waals surface area contributed by atoms with Crippen LogP contribution in [0.3, 0.4) is 0 Å². The molecular weight excluding hydrogens is 407 g/mol. The first-order chi connectivity index (χ1) is 15.7. The van der Waals surface area contributed by atoms with Gasteiger partial charge in [0.1, 0.15) is 5.82 Å². The van der Waals surface area contributed by atoms with Crippen molar-refractivity contribution < 1.29 is 9.18 Å². The Balaban J connectivity index is 1.23. The number of nitrogens with one attached hydrogen (secondary N) is 2. The van der Waals surface area contributed by atoms with Crippen LogP contribution in [0.25, 0.3) is 11.0 Å². The van der Waals surface area contributed by atoms with Crippen LogP contribution in [0.4, 0.5) is 10.2 Å². The summed E-state index contributed by atoms with van der Waals surface area (Å²) in [5.41, 5.74) is 3.43. The molecule has 1 aromatic carbocycles. The van der Waals surface area contributed by atoms with Crippen molar-refractivity contribution >= 4 is 22.8 Å². The first kappa shape index (κ1) is 20.1. The van der Waals surface area contributed by atoms with Crippen LogP contribution in [0.2, 0.25) is 0 Å². The van der Waals surface area contributed by atoms with Crippen LogP contribution in [0.15, 0.2) is 60.8 Å². The standard InChI is InChI=1S/C24H23FN6O/c25-18-6-4-16(5-7-18)13-22(32)31-12-10-17(15-31)21-9-8-20-23(29-30-24(20)28-21)27-14-19-3-1-2-11-26-19/h1-9,11,17H,10,12-15H2,(H2,27,28,29,30)/t17-/m0/s1. The number of nitrogens with zero attached hydrogens (tertiary/aromatic N) is 4. The van der Waals surface area contributed by atoms with E-state index in [0.29, 0.717) is 19.6 Å². The van der Waals surface area contributed by atoms with Crippen molar-refractivity contribution in [3.05, 3.63) is 83.6 Å². The molecule has 5 rings (SSSR count). The molecule has 1 aliphatic heterocycles. The Hall–Kier alpha value is -3.81. The monoisotopic (exact) mass is 430 g/mol. The highest BCUT2D eigenvalue weighted by Gasteiger charge is 2.28. The Morgan fingerprint density at radius 1 is 1.16 bits per heavy atom. The van der Waals surface area contributed by atoms with Crippen molar-refractivity contribution in [3.63, 3.8) is 0 Å². The SMILES string of the molecule is O=C(Cc1ccc(F)cc1)N1CC[C@H](c2ccc3c(NCc4ccccn4)n[nH]c3n2)C1. The fourth-order valence-corrected chi connectivity index (χ4v) is 4.08. The molecule has 1 amide bonds. The van der Waals surface area contributed by atoms with E-state index in [9.17, 15) is 9.18 Å². The number of H-pyrrole nitrogens is 1. The molecule has 0 unspecified atom stereocenters. The molecule has 0 radical (unpaired) electrons. The zero-order valence-corrected chi connectivity index (χ0v) is 17.5. The molecule has 0 spiro atoms. The Kier molecular flexibility index (Phi) is 5.49. The number of anilines is 1. The fourth-order valence-electron chi connectivity index (χ4n) is 4.08. The largest absolute Gasteiger partial charge is 0.362 e. The molecule has 1 fully saturated rings. The van der Waals surface area contributed by atoms with Gasteiger partial charge < -0.3 is 10.2 Å². The number of likely N-dealkylation sites (tertiary alicyclic amines) is 1. The zero-order valence-electron chi connectivity index (χ0n) is 17.5. The summed E-state index contributed by atoms with van der Waals surface area (Å²) in [5.74, 6) is 0.692. The van der Waals surface area contributed by atoms with Gasteiger partial charge in [0, 0.05) is 30.9 Å². The quantitative estimate of drug-likeness (QED) is 0.488. The van der Waals surface area contributed by atoms with Gasteiger partial charge in [-0.2, -0.15) is 5.10 Å². The van der Waals surface area contributed by atoms with Crippen LogP contribution in [-0.2, 0) is 17.8 Å². The number of aromatic nitrogens is 4. The van der Waals surface area contributed by atoms with E-state index in [1.54, 1.807) is 18.3 Å². The van der Waals surface area contributed by atoms with Gasteiger partial charge in [-0.3, -0.25) is 14.9 Å². The third-order valence-electron chi connectivity index (χ3n) is 5.84. The molecule has 7 nitrogen and oxygen atoms in total. The number of benzene rings is 1. The summed E-state index contributed by atoms with van der Waals surface area (Å²) in [7, 11) is 0. The normalized spacial score (nSPS) is 15.9. The van der Waals surface area contributed by atoms with E-state index in [2.05, 4.69) is 20.5 Å². The van der Waals surface area contributed by atoms with Crippen LogP contribution in [0.1, 0.15) is 29.3 Å². The van der Waals surface area contributed by atoms with Gasteiger partial charge in [-0.1, -0.05) is 18.2 Å². The Labute approximate surface area is 184 Å². The predicted octanol–water partition coefficient (Wildman–Crippen LogP) is 3.66. The van der Waals surface area contributed by atoms with E-state index >= 15 is 0 Å². The number of carbonyl (C=O) groups is 1. The highest BCUT2D eigenvalue weighted by atomic mass is 19.1. The second kappa shape index (κ2) is 8.74. The first-order valence-corrected chi connectivity index (χ1v) is 10.7. The van der Waals surface area contributed by atoms with Crippen molar-refractivity contribution in [1.29, 1.82) is 0 Å². The Bertz CT molecular complexity index is 1220. The van der Waals surface area contributed by atoms with Crippen LogP contribution in [-0.4, -0.2) is 44.1 Å². The third-order valence-corrected chi connectivity index (χ3v) is 5.84. The van der Waals surface area contributed by atoms with Gasteiger partial charge in [0.2, 0.25) is 5.91 Å². The topological polar surface area (TPSA) is 86.8 Å². The fraction of sp³-hybridized carbons (Fsp3) is 0.250. The molecule has 0 saturated carbocycles. The molecule has 1 saturated heterocycles. The molecule has 162 valence electrons. The lowest BCUT2D eigenvalue weighted by atomic mass is 10.0. The maximum absolute atomic E-state index is 13.1. The average Bonchev–Trinajstić information content (AvgIpc) is 3.47. The number of carbonyl (C=O) groups excluding carboxylic acids is 1. The molecule has 0 bridgehead atoms. The second-order valence-electron chi connectivity index (χ2n) is 8.01. The van der Waals surface area contributed by atoms with Crippen molar-refractivity contribution in [2.75, 3.05) is 18.4 Å². The van der Waals surface area contributed by atoms with Gasteiger partial charge in [-0.15, -0.1) is 0 Å². The summed E-state index contributed by atoms with van der Waals surface area (Å²) in [6.07, 6.45) is 2.92. The maximum Gasteiger partial charge on any atom is 0.227 e. The molecule has 1 aliphatic rings. The molecule has 4 heterocycles. The lowest BCUT2D eigenvalue weighted by Gasteiger charge is -2.16. The van der Waals surface area contributed by atoms with E-state index in [4.69, 9.17) is 4.98 Å². The van der Waals surface area contributed by atoms with Gasteiger partial charge in [0.25, 0.3) is 0 Å². The minimum absolute atomic E-state index is 0.0581. The van der Waals surface area contributed by atoms with Crippen LogP contribution in [0, 0.1) is 5.82 Å². The lowest BCUT2D eigenvalue weighted by molar-refractivity contribution is -0.129. The first-order valence-electron chi connectivity index (χ1n) is 10.7. The van der Waals surface area contributed by atoms with Crippen molar-refractivity contribution in [2.45, 2.75) is 25.3 Å². The van der Waals surface area contributed by atoms with E-state index < -0.39 is 0 Å². The molecular formula is C24H23FN6O. The number of rotatable bonds is 6. The van der Waals surface area contributed by atoms with Gasteiger partial charge in [0.15, 0.2) is 11.5 Å². The molecule has 1 atom stereocenters. The molecule has 32 heavy (non-hydrogen) atoms.